The van der Waals surface area contributed by atoms with Crippen molar-refractivity contribution in [3.63, 3.8) is 0 Å². The number of rotatable bonds is 7. The van der Waals surface area contributed by atoms with Crippen LogP contribution < -0.4 is 10.1 Å². The van der Waals surface area contributed by atoms with Gasteiger partial charge in [0.1, 0.15) is 5.75 Å². The van der Waals surface area contributed by atoms with Crippen LogP contribution in [0.5, 0.6) is 5.75 Å². The maximum atomic E-state index is 11.7. The van der Waals surface area contributed by atoms with Crippen LogP contribution in [0.2, 0.25) is 0 Å². The summed E-state index contributed by atoms with van der Waals surface area (Å²) in [6.07, 6.45) is 2.91. The molecular weight excluding hydrogens is 274 g/mol. The minimum absolute atomic E-state index is 0.0986. The van der Waals surface area contributed by atoms with E-state index in [2.05, 4.69) is 5.32 Å². The van der Waals surface area contributed by atoms with Gasteiger partial charge in [0.05, 0.1) is 13.2 Å². The summed E-state index contributed by atoms with van der Waals surface area (Å²) < 4.78 is 10.6. The summed E-state index contributed by atoms with van der Waals surface area (Å²) in [5.74, 6) is 1.73. The molecule has 1 unspecified atom stereocenters. The lowest BCUT2D eigenvalue weighted by Crippen LogP contribution is -2.31. The summed E-state index contributed by atoms with van der Waals surface area (Å²) in [6.45, 7) is 1.47. The molecule has 0 aliphatic carbocycles. The highest BCUT2D eigenvalue weighted by atomic mass is 32.2. The molecule has 1 N–H and O–H groups in total. The first-order valence-electron chi connectivity index (χ1n) is 6.93. The van der Waals surface area contributed by atoms with Crippen LogP contribution in [0, 0.1) is 0 Å². The van der Waals surface area contributed by atoms with Gasteiger partial charge in [-0.2, -0.15) is 0 Å². The Bertz CT molecular complexity index is 416. The molecule has 0 spiro atoms. The number of hydrogen-bond acceptors (Lipinski definition) is 4. The van der Waals surface area contributed by atoms with Gasteiger partial charge in [-0.3, -0.25) is 4.79 Å². The minimum atomic E-state index is 0.0986. The van der Waals surface area contributed by atoms with Gasteiger partial charge >= 0.3 is 0 Å². The van der Waals surface area contributed by atoms with Gasteiger partial charge in [-0.15, -0.1) is 11.8 Å². The summed E-state index contributed by atoms with van der Waals surface area (Å²) in [5, 5.41) is 2.93. The SMILES string of the molecule is COc1ccc(SCCC(=O)NCC2CCCO2)cc1. The van der Waals surface area contributed by atoms with E-state index in [1.807, 2.05) is 24.3 Å². The molecule has 1 fully saturated rings. The second kappa shape index (κ2) is 8.17. The monoisotopic (exact) mass is 295 g/mol. The Morgan fingerprint density at radius 2 is 2.25 bits per heavy atom. The molecule has 1 aromatic rings. The molecule has 0 saturated carbocycles. The van der Waals surface area contributed by atoms with E-state index in [1.54, 1.807) is 18.9 Å². The van der Waals surface area contributed by atoms with Crippen LogP contribution in [0.3, 0.4) is 0 Å². The molecule has 1 saturated heterocycles. The molecule has 1 aliphatic heterocycles. The standard InChI is InChI=1S/C15H21NO3S/c1-18-12-4-6-14(7-5-12)20-10-8-15(17)16-11-13-3-2-9-19-13/h4-7,13H,2-3,8-11H2,1H3,(H,16,17). The molecule has 0 radical (unpaired) electrons. The molecule has 1 aromatic carbocycles. The number of thioether (sulfide) groups is 1. The molecule has 1 atom stereocenters. The molecule has 0 aromatic heterocycles. The van der Waals surface area contributed by atoms with E-state index < -0.39 is 0 Å². The quantitative estimate of drug-likeness (QED) is 0.785. The van der Waals surface area contributed by atoms with E-state index >= 15 is 0 Å². The van der Waals surface area contributed by atoms with Crippen LogP contribution in [0.15, 0.2) is 29.2 Å². The van der Waals surface area contributed by atoms with Crippen molar-refractivity contribution < 1.29 is 14.3 Å². The van der Waals surface area contributed by atoms with Crippen molar-refractivity contribution in [2.75, 3.05) is 26.0 Å². The fraction of sp³-hybridized carbons (Fsp3) is 0.533. The zero-order valence-corrected chi connectivity index (χ0v) is 12.6. The highest BCUT2D eigenvalue weighted by Gasteiger charge is 2.15. The van der Waals surface area contributed by atoms with Gasteiger partial charge in [-0.05, 0) is 37.1 Å². The van der Waals surface area contributed by atoms with Crippen LogP contribution in [0.4, 0.5) is 0 Å². The number of nitrogens with one attached hydrogen (secondary N) is 1. The van der Waals surface area contributed by atoms with Crippen molar-refractivity contribution in [2.45, 2.75) is 30.3 Å². The Hall–Kier alpha value is -1.20. The van der Waals surface area contributed by atoms with E-state index in [0.717, 1.165) is 35.8 Å². The van der Waals surface area contributed by atoms with Crippen molar-refractivity contribution in [2.24, 2.45) is 0 Å². The Morgan fingerprint density at radius 1 is 1.45 bits per heavy atom. The molecule has 4 nitrogen and oxygen atoms in total. The van der Waals surface area contributed by atoms with Crippen LogP contribution in [0.1, 0.15) is 19.3 Å². The van der Waals surface area contributed by atoms with Gasteiger partial charge < -0.3 is 14.8 Å². The maximum Gasteiger partial charge on any atom is 0.220 e. The smallest absolute Gasteiger partial charge is 0.220 e. The zero-order chi connectivity index (χ0) is 14.2. The molecule has 5 heteroatoms. The largest absolute Gasteiger partial charge is 0.497 e. The molecule has 0 bridgehead atoms. The lowest BCUT2D eigenvalue weighted by atomic mass is 10.2. The molecule has 1 heterocycles. The highest BCUT2D eigenvalue weighted by Crippen LogP contribution is 2.21. The van der Waals surface area contributed by atoms with Gasteiger partial charge in [0.15, 0.2) is 0 Å². The predicted molar refractivity (Wildman–Crippen MR) is 80.3 cm³/mol. The second-order valence-electron chi connectivity index (χ2n) is 4.71. The molecule has 1 aliphatic rings. The van der Waals surface area contributed by atoms with Crippen molar-refractivity contribution in [1.82, 2.24) is 5.32 Å². The first-order valence-corrected chi connectivity index (χ1v) is 7.91. The Labute approximate surface area is 124 Å². The highest BCUT2D eigenvalue weighted by molar-refractivity contribution is 7.99. The maximum absolute atomic E-state index is 11.7. The molecule has 110 valence electrons. The van der Waals surface area contributed by atoms with Crippen molar-refractivity contribution >= 4 is 17.7 Å². The van der Waals surface area contributed by atoms with E-state index in [9.17, 15) is 4.79 Å². The van der Waals surface area contributed by atoms with Crippen LogP contribution >= 0.6 is 11.8 Å². The average molecular weight is 295 g/mol. The summed E-state index contributed by atoms with van der Waals surface area (Å²) >= 11 is 1.68. The minimum Gasteiger partial charge on any atom is -0.497 e. The Morgan fingerprint density at radius 3 is 2.90 bits per heavy atom. The third-order valence-electron chi connectivity index (χ3n) is 3.21. The summed E-state index contributed by atoms with van der Waals surface area (Å²) in [7, 11) is 1.65. The summed E-state index contributed by atoms with van der Waals surface area (Å²) in [4.78, 5) is 12.8. The lowest BCUT2D eigenvalue weighted by molar-refractivity contribution is -0.121. The van der Waals surface area contributed by atoms with Crippen LogP contribution in [-0.4, -0.2) is 38.0 Å². The van der Waals surface area contributed by atoms with E-state index in [1.165, 1.54) is 0 Å². The van der Waals surface area contributed by atoms with Crippen LogP contribution in [-0.2, 0) is 9.53 Å². The number of benzene rings is 1. The van der Waals surface area contributed by atoms with Gasteiger partial charge in [0, 0.05) is 30.2 Å². The number of carbonyl (C=O) groups excluding carboxylic acids is 1. The van der Waals surface area contributed by atoms with E-state index in [4.69, 9.17) is 9.47 Å². The fourth-order valence-electron chi connectivity index (χ4n) is 2.05. The normalized spacial score (nSPS) is 17.9. The number of amides is 1. The predicted octanol–water partition coefficient (Wildman–Crippen LogP) is 2.47. The Balaban J connectivity index is 1.60. The summed E-state index contributed by atoms with van der Waals surface area (Å²) in [6, 6.07) is 7.88. The number of carbonyl (C=O) groups is 1. The fourth-order valence-corrected chi connectivity index (χ4v) is 2.91. The topological polar surface area (TPSA) is 47.6 Å². The number of ether oxygens (including phenoxy) is 2. The van der Waals surface area contributed by atoms with Gasteiger partial charge in [-0.25, -0.2) is 0 Å². The third kappa shape index (κ3) is 5.06. The van der Waals surface area contributed by atoms with E-state index in [-0.39, 0.29) is 12.0 Å². The lowest BCUT2D eigenvalue weighted by Gasteiger charge is -2.10. The molecule has 20 heavy (non-hydrogen) atoms. The van der Waals surface area contributed by atoms with E-state index in [0.29, 0.717) is 13.0 Å². The average Bonchev–Trinajstić information content (AvgIpc) is 2.99. The third-order valence-corrected chi connectivity index (χ3v) is 4.22. The van der Waals surface area contributed by atoms with Gasteiger partial charge in [0.2, 0.25) is 5.91 Å². The van der Waals surface area contributed by atoms with Crippen LogP contribution in [0.25, 0.3) is 0 Å². The first-order chi connectivity index (χ1) is 9.78. The van der Waals surface area contributed by atoms with Gasteiger partial charge in [-0.1, -0.05) is 0 Å². The van der Waals surface area contributed by atoms with Crippen molar-refractivity contribution in [3.05, 3.63) is 24.3 Å². The van der Waals surface area contributed by atoms with Crippen molar-refractivity contribution in [1.29, 1.82) is 0 Å². The summed E-state index contributed by atoms with van der Waals surface area (Å²) in [5.41, 5.74) is 0. The zero-order valence-electron chi connectivity index (χ0n) is 11.8. The molecule has 2 rings (SSSR count). The first kappa shape index (κ1) is 15.2. The van der Waals surface area contributed by atoms with Gasteiger partial charge in [0.25, 0.3) is 0 Å². The van der Waals surface area contributed by atoms with Crippen molar-refractivity contribution in [3.8, 4) is 5.75 Å². The molecule has 1 amide bonds. The number of hydrogen-bond donors (Lipinski definition) is 1. The Kier molecular flexibility index (Phi) is 6.21. The molecular formula is C15H21NO3S. The number of methoxy groups -OCH3 is 1. The second-order valence-corrected chi connectivity index (χ2v) is 5.88.